The number of unbranched alkanes of at least 4 members (excludes halogenated alkanes) is 7. The third kappa shape index (κ3) is 6.65. The van der Waals surface area contributed by atoms with Gasteiger partial charge in [-0.2, -0.15) is 5.10 Å². The average Bonchev–Trinajstić information content (AvgIpc) is 3.13. The number of nitrogens with zero attached hydrogens (tertiary/aromatic N) is 2. The number of aromatic hydroxyl groups is 1. The van der Waals surface area contributed by atoms with E-state index in [9.17, 15) is 5.11 Å². The summed E-state index contributed by atoms with van der Waals surface area (Å²) in [4.78, 5) is 0. The molecule has 0 aliphatic carbocycles. The zero-order valence-electron chi connectivity index (χ0n) is 17.9. The van der Waals surface area contributed by atoms with Gasteiger partial charge in [0.05, 0.1) is 16.4 Å². The van der Waals surface area contributed by atoms with Crippen molar-refractivity contribution in [3.05, 3.63) is 57.5 Å². The van der Waals surface area contributed by atoms with Gasteiger partial charge in [0.2, 0.25) is 0 Å². The summed E-state index contributed by atoms with van der Waals surface area (Å²) in [5.74, 6) is 0.137. The molecule has 0 spiro atoms. The number of hydrogen-bond acceptors (Lipinski definition) is 2. The Bertz CT molecular complexity index is 1000. The minimum absolute atomic E-state index is 0.137. The Morgan fingerprint density at radius 3 is 2.03 bits per heavy atom. The second-order valence-electron chi connectivity index (χ2n) is 7.90. The van der Waals surface area contributed by atoms with Crippen molar-refractivity contribution in [1.29, 1.82) is 0 Å². The molecule has 31 heavy (non-hydrogen) atoms. The van der Waals surface area contributed by atoms with E-state index in [0.717, 1.165) is 36.3 Å². The molecule has 0 atom stereocenters. The molecule has 0 saturated heterocycles. The molecule has 0 saturated carbocycles. The van der Waals surface area contributed by atoms with Crippen molar-refractivity contribution in [3.63, 3.8) is 0 Å². The lowest BCUT2D eigenvalue weighted by atomic mass is 10.1. The third-order valence-corrected chi connectivity index (χ3v) is 6.23. The minimum Gasteiger partial charge on any atom is -0.507 e. The van der Waals surface area contributed by atoms with Crippen LogP contribution in [-0.2, 0) is 6.54 Å². The maximum absolute atomic E-state index is 10.5. The highest BCUT2D eigenvalue weighted by atomic mass is 35.5. The second kappa shape index (κ2) is 11.8. The van der Waals surface area contributed by atoms with Crippen LogP contribution in [0.1, 0.15) is 58.3 Å². The summed E-state index contributed by atoms with van der Waals surface area (Å²) >= 11 is 18.5. The molecule has 2 aromatic carbocycles. The molecular formula is C25H29Cl3N2O. The fraction of sp³-hybridized carbons (Fsp3) is 0.400. The summed E-state index contributed by atoms with van der Waals surface area (Å²) < 4.78 is 1.96. The van der Waals surface area contributed by atoms with E-state index in [-0.39, 0.29) is 5.75 Å². The van der Waals surface area contributed by atoms with Crippen molar-refractivity contribution < 1.29 is 5.11 Å². The van der Waals surface area contributed by atoms with Gasteiger partial charge in [-0.25, -0.2) is 0 Å². The molecule has 3 aromatic rings. The first-order valence-electron chi connectivity index (χ1n) is 11.0. The van der Waals surface area contributed by atoms with Crippen LogP contribution in [-0.4, -0.2) is 14.9 Å². The first kappa shape index (κ1) is 24.0. The van der Waals surface area contributed by atoms with E-state index in [1.54, 1.807) is 24.3 Å². The van der Waals surface area contributed by atoms with Crippen LogP contribution in [0.3, 0.4) is 0 Å². The zero-order valence-corrected chi connectivity index (χ0v) is 20.1. The Balaban J connectivity index is 1.78. The number of phenolic OH excluding ortho intramolecular Hbond substituents is 1. The quantitative estimate of drug-likeness (QED) is 0.278. The van der Waals surface area contributed by atoms with E-state index < -0.39 is 0 Å². The molecule has 0 radical (unpaired) electrons. The molecule has 0 aliphatic heterocycles. The van der Waals surface area contributed by atoms with E-state index in [1.165, 1.54) is 38.5 Å². The van der Waals surface area contributed by atoms with Crippen molar-refractivity contribution in [2.45, 2.75) is 64.8 Å². The van der Waals surface area contributed by atoms with Crippen LogP contribution in [0.2, 0.25) is 15.1 Å². The van der Waals surface area contributed by atoms with Crippen molar-refractivity contribution >= 4 is 34.8 Å². The molecule has 0 unspecified atom stereocenters. The predicted octanol–water partition coefficient (Wildman–Crippen LogP) is 9.02. The molecular weight excluding hydrogens is 451 g/mol. The SMILES string of the molecule is CCCCCCCCCCn1nc(-c2ccc(Cl)cc2Cl)cc1-c1ccc(Cl)cc1O. The maximum atomic E-state index is 10.5. The van der Waals surface area contributed by atoms with Crippen LogP contribution in [0.15, 0.2) is 42.5 Å². The summed E-state index contributed by atoms with van der Waals surface area (Å²) in [7, 11) is 0. The molecule has 1 aromatic heterocycles. The maximum Gasteiger partial charge on any atom is 0.126 e. The van der Waals surface area contributed by atoms with Crippen LogP contribution in [0.25, 0.3) is 22.5 Å². The van der Waals surface area contributed by atoms with E-state index in [4.69, 9.17) is 39.9 Å². The second-order valence-corrected chi connectivity index (χ2v) is 9.18. The van der Waals surface area contributed by atoms with Gasteiger partial charge in [0.15, 0.2) is 0 Å². The summed E-state index contributed by atoms with van der Waals surface area (Å²) in [5.41, 5.74) is 3.12. The van der Waals surface area contributed by atoms with Gasteiger partial charge in [-0.1, -0.05) is 86.7 Å². The Morgan fingerprint density at radius 1 is 0.774 bits per heavy atom. The standard InChI is InChI=1S/C25H29Cl3N2O/c1-2-3-4-5-6-7-8-9-14-30-24(21-13-11-19(27)16-25(21)31)17-23(29-30)20-12-10-18(26)15-22(20)28/h10-13,15-17,31H,2-9,14H2,1H3. The molecule has 0 amide bonds. The lowest BCUT2D eigenvalue weighted by Crippen LogP contribution is -2.03. The number of benzene rings is 2. The summed E-state index contributed by atoms with van der Waals surface area (Å²) in [6.45, 7) is 3.02. The molecule has 0 bridgehead atoms. The van der Waals surface area contributed by atoms with E-state index >= 15 is 0 Å². The number of phenols is 1. The van der Waals surface area contributed by atoms with E-state index in [1.807, 2.05) is 22.9 Å². The normalized spacial score (nSPS) is 11.2. The lowest BCUT2D eigenvalue weighted by molar-refractivity contribution is 0.475. The first-order valence-corrected chi connectivity index (χ1v) is 12.1. The predicted molar refractivity (Wildman–Crippen MR) is 132 cm³/mol. The van der Waals surface area contributed by atoms with Gasteiger partial charge in [0.1, 0.15) is 5.75 Å². The highest BCUT2D eigenvalue weighted by Crippen LogP contribution is 2.36. The Labute approximate surface area is 200 Å². The number of aromatic nitrogens is 2. The van der Waals surface area contributed by atoms with Crippen molar-refractivity contribution in [2.24, 2.45) is 0 Å². The van der Waals surface area contributed by atoms with Gasteiger partial charge >= 0.3 is 0 Å². The zero-order chi connectivity index (χ0) is 22.2. The van der Waals surface area contributed by atoms with Crippen LogP contribution >= 0.6 is 34.8 Å². The van der Waals surface area contributed by atoms with Gasteiger partial charge in [0, 0.05) is 27.7 Å². The number of halogens is 3. The van der Waals surface area contributed by atoms with Gasteiger partial charge in [-0.15, -0.1) is 0 Å². The first-order chi connectivity index (χ1) is 15.0. The van der Waals surface area contributed by atoms with Crippen molar-refractivity contribution in [3.8, 4) is 28.3 Å². The molecule has 1 N–H and O–H groups in total. The Hall–Kier alpha value is -1.68. The average molecular weight is 480 g/mol. The molecule has 3 rings (SSSR count). The van der Waals surface area contributed by atoms with Gasteiger partial charge in [-0.05, 0) is 48.9 Å². The fourth-order valence-corrected chi connectivity index (χ4v) is 4.42. The highest BCUT2D eigenvalue weighted by Gasteiger charge is 2.16. The summed E-state index contributed by atoms with van der Waals surface area (Å²) in [5, 5.41) is 16.9. The number of hydrogen-bond donors (Lipinski definition) is 1. The van der Waals surface area contributed by atoms with Crippen LogP contribution < -0.4 is 0 Å². The lowest BCUT2D eigenvalue weighted by Gasteiger charge is -2.09. The van der Waals surface area contributed by atoms with Gasteiger partial charge in [0.25, 0.3) is 0 Å². The molecule has 0 aliphatic rings. The Morgan fingerprint density at radius 2 is 1.39 bits per heavy atom. The minimum atomic E-state index is 0.137. The Kier molecular flexibility index (Phi) is 9.13. The van der Waals surface area contributed by atoms with E-state index in [2.05, 4.69) is 6.92 Å². The molecule has 0 fully saturated rings. The largest absolute Gasteiger partial charge is 0.507 e. The van der Waals surface area contributed by atoms with Gasteiger partial charge in [-0.3, -0.25) is 4.68 Å². The summed E-state index contributed by atoms with van der Waals surface area (Å²) in [6.07, 6.45) is 9.98. The van der Waals surface area contributed by atoms with Crippen molar-refractivity contribution in [1.82, 2.24) is 9.78 Å². The van der Waals surface area contributed by atoms with Crippen LogP contribution in [0.4, 0.5) is 0 Å². The molecule has 166 valence electrons. The van der Waals surface area contributed by atoms with E-state index in [0.29, 0.717) is 20.6 Å². The van der Waals surface area contributed by atoms with Crippen LogP contribution in [0.5, 0.6) is 5.75 Å². The molecule has 3 nitrogen and oxygen atoms in total. The molecule has 6 heteroatoms. The molecule has 1 heterocycles. The fourth-order valence-electron chi connectivity index (χ4n) is 3.75. The highest BCUT2D eigenvalue weighted by molar-refractivity contribution is 6.36. The van der Waals surface area contributed by atoms with Crippen molar-refractivity contribution in [2.75, 3.05) is 0 Å². The van der Waals surface area contributed by atoms with Crippen LogP contribution in [0, 0.1) is 0 Å². The summed E-state index contributed by atoms with van der Waals surface area (Å²) in [6, 6.07) is 12.5. The monoisotopic (exact) mass is 478 g/mol. The number of aryl methyl sites for hydroxylation is 1. The van der Waals surface area contributed by atoms with Gasteiger partial charge < -0.3 is 5.11 Å². The number of rotatable bonds is 11. The third-order valence-electron chi connectivity index (χ3n) is 5.45. The smallest absolute Gasteiger partial charge is 0.126 e. The topological polar surface area (TPSA) is 38.0 Å².